The van der Waals surface area contributed by atoms with Crippen LogP contribution in [-0.4, -0.2) is 69.8 Å². The molecule has 0 saturated heterocycles. The molecule has 15 heteroatoms. The number of nitrogens with one attached hydrogen (secondary N) is 1. The molecule has 2 atom stereocenters. The Balaban J connectivity index is 1.58. The van der Waals surface area contributed by atoms with Crippen molar-refractivity contribution in [3.8, 4) is 5.88 Å². The predicted molar refractivity (Wildman–Crippen MR) is 134 cm³/mol. The second-order valence-corrected chi connectivity index (χ2v) is 11.6. The first-order valence-electron chi connectivity index (χ1n) is 11.5. The number of fused-ring (bicyclic) bond motifs is 1. The first-order chi connectivity index (χ1) is 17.1. The van der Waals surface area contributed by atoms with E-state index in [9.17, 15) is 14.2 Å². The van der Waals surface area contributed by atoms with E-state index in [0.29, 0.717) is 22.8 Å². The number of carbonyl (C=O) groups excluding carboxylic acids is 2. The molecule has 200 valence electrons. The summed E-state index contributed by atoms with van der Waals surface area (Å²) in [5.74, 6) is 0.104. The van der Waals surface area contributed by atoms with E-state index >= 15 is 0 Å². The number of hydrogen-bond acceptors (Lipinski definition) is 12. The lowest BCUT2D eigenvalue weighted by Crippen LogP contribution is -2.35. The van der Waals surface area contributed by atoms with Crippen LogP contribution in [0.4, 0.5) is 5.95 Å². The van der Waals surface area contributed by atoms with E-state index in [1.165, 1.54) is 21.1 Å². The minimum Gasteiger partial charge on any atom is -0.479 e. The predicted octanol–water partition coefficient (Wildman–Crippen LogP) is 2.58. The Morgan fingerprint density at radius 2 is 1.97 bits per heavy atom. The van der Waals surface area contributed by atoms with E-state index in [1.807, 2.05) is 4.57 Å². The minimum atomic E-state index is -3.84. The van der Waals surface area contributed by atoms with Gasteiger partial charge < -0.3 is 19.8 Å². The maximum atomic E-state index is 13.3. The second-order valence-electron chi connectivity index (χ2n) is 8.73. The molecule has 2 aromatic heterocycles. The highest BCUT2D eigenvalue weighted by molar-refractivity contribution is 8.13. The highest BCUT2D eigenvalue weighted by Gasteiger charge is 2.36. The average molecular weight is 545 g/mol. The van der Waals surface area contributed by atoms with E-state index in [2.05, 4.69) is 20.0 Å². The van der Waals surface area contributed by atoms with Crippen molar-refractivity contribution in [3.63, 3.8) is 0 Å². The SMILES string of the molecule is COC(=O)[C@H](C)NP(=O)(OCCSC(=O)C(C)C)OCC1CC(n2cnc3c(OC)nc(N)nc32)C1. The lowest BCUT2D eigenvalue weighted by atomic mass is 9.81. The number of ether oxygens (including phenoxy) is 2. The van der Waals surface area contributed by atoms with Crippen molar-refractivity contribution in [2.45, 2.75) is 45.7 Å². The zero-order chi connectivity index (χ0) is 26.5. The van der Waals surface area contributed by atoms with Gasteiger partial charge in [-0.25, -0.2) is 14.6 Å². The lowest BCUT2D eigenvalue weighted by Gasteiger charge is -2.36. The van der Waals surface area contributed by atoms with Crippen molar-refractivity contribution in [1.82, 2.24) is 24.6 Å². The van der Waals surface area contributed by atoms with E-state index in [-0.39, 0.29) is 42.2 Å². The molecule has 0 amide bonds. The maximum absolute atomic E-state index is 13.3. The third kappa shape index (κ3) is 6.94. The molecule has 0 aromatic carbocycles. The van der Waals surface area contributed by atoms with Gasteiger partial charge in [-0.3, -0.25) is 18.6 Å². The summed E-state index contributed by atoms with van der Waals surface area (Å²) in [6.45, 7) is 5.29. The summed E-state index contributed by atoms with van der Waals surface area (Å²) in [6, 6.07) is -0.805. The van der Waals surface area contributed by atoms with Gasteiger partial charge in [-0.1, -0.05) is 25.6 Å². The van der Waals surface area contributed by atoms with Gasteiger partial charge in [-0.15, -0.1) is 0 Å². The number of thioether (sulfide) groups is 1. The average Bonchev–Trinajstić information content (AvgIpc) is 3.22. The monoisotopic (exact) mass is 544 g/mol. The van der Waals surface area contributed by atoms with Crippen LogP contribution in [0.3, 0.4) is 0 Å². The summed E-state index contributed by atoms with van der Waals surface area (Å²) >= 11 is 1.10. The van der Waals surface area contributed by atoms with Crippen molar-refractivity contribution in [1.29, 1.82) is 0 Å². The van der Waals surface area contributed by atoms with Gasteiger partial charge in [0, 0.05) is 17.7 Å². The zero-order valence-corrected chi connectivity index (χ0v) is 22.7. The van der Waals surface area contributed by atoms with Crippen molar-refractivity contribution in [3.05, 3.63) is 6.33 Å². The van der Waals surface area contributed by atoms with Gasteiger partial charge in [-0.05, 0) is 25.7 Å². The summed E-state index contributed by atoms with van der Waals surface area (Å²) in [7, 11) is -1.11. The Morgan fingerprint density at radius 3 is 2.61 bits per heavy atom. The normalized spacial score (nSPS) is 20.1. The Labute approximate surface area is 213 Å². The smallest absolute Gasteiger partial charge is 0.406 e. The molecule has 0 bridgehead atoms. The summed E-state index contributed by atoms with van der Waals surface area (Å²) in [5.41, 5.74) is 6.90. The van der Waals surface area contributed by atoms with Crippen LogP contribution in [0.15, 0.2) is 6.33 Å². The van der Waals surface area contributed by atoms with Gasteiger partial charge in [0.15, 0.2) is 16.3 Å². The minimum absolute atomic E-state index is 0.0125. The summed E-state index contributed by atoms with van der Waals surface area (Å²) in [5, 5.41) is 2.64. The third-order valence-corrected chi connectivity index (χ3v) is 8.49. The molecule has 2 heterocycles. The Morgan fingerprint density at radius 1 is 1.25 bits per heavy atom. The number of imidazole rings is 1. The number of nitrogen functional groups attached to an aromatic ring is 1. The van der Waals surface area contributed by atoms with Crippen LogP contribution in [0.5, 0.6) is 5.88 Å². The largest absolute Gasteiger partial charge is 0.479 e. The van der Waals surface area contributed by atoms with Crippen LogP contribution in [0.2, 0.25) is 0 Å². The number of esters is 1. The number of carbonyl (C=O) groups is 2. The summed E-state index contributed by atoms with van der Waals surface area (Å²) in [6.07, 6.45) is 3.12. The number of nitrogens with two attached hydrogens (primary N) is 1. The molecule has 0 aliphatic heterocycles. The van der Waals surface area contributed by atoms with E-state index in [4.69, 9.17) is 24.3 Å². The van der Waals surface area contributed by atoms with Gasteiger partial charge in [0.2, 0.25) is 11.8 Å². The fourth-order valence-corrected chi connectivity index (χ4v) is 6.00. The van der Waals surface area contributed by atoms with Crippen LogP contribution < -0.4 is 15.6 Å². The van der Waals surface area contributed by atoms with Crippen molar-refractivity contribution in [2.24, 2.45) is 11.8 Å². The first kappa shape index (κ1) is 28.3. The van der Waals surface area contributed by atoms with Gasteiger partial charge in [0.25, 0.3) is 0 Å². The zero-order valence-electron chi connectivity index (χ0n) is 21.0. The molecule has 0 radical (unpaired) electrons. The van der Waals surface area contributed by atoms with Crippen LogP contribution in [0.1, 0.15) is 39.7 Å². The van der Waals surface area contributed by atoms with Crippen molar-refractivity contribution in [2.75, 3.05) is 38.9 Å². The fourth-order valence-electron chi connectivity index (χ4n) is 3.63. The number of hydrogen-bond donors (Lipinski definition) is 2. The van der Waals surface area contributed by atoms with Gasteiger partial charge >= 0.3 is 13.7 Å². The molecule has 1 fully saturated rings. The molecule has 2 aromatic rings. The first-order valence-corrected chi connectivity index (χ1v) is 14.0. The molecular weight excluding hydrogens is 511 g/mol. The molecule has 36 heavy (non-hydrogen) atoms. The van der Waals surface area contributed by atoms with Crippen LogP contribution in [-0.2, 0) is 27.9 Å². The van der Waals surface area contributed by atoms with Gasteiger partial charge in [-0.2, -0.15) is 9.97 Å². The van der Waals surface area contributed by atoms with E-state index in [1.54, 1.807) is 20.2 Å². The topological polar surface area (TPSA) is 170 Å². The quantitative estimate of drug-likeness (QED) is 0.214. The Kier molecular flexibility index (Phi) is 9.70. The Hall–Kier alpha value is -2.25. The molecule has 13 nitrogen and oxygen atoms in total. The number of anilines is 1. The highest BCUT2D eigenvalue weighted by atomic mass is 32.2. The standard InChI is InChI=1S/C21H33N6O7PS/c1-12(2)20(29)36-7-6-33-35(30,26-13(3)19(28)32-5)34-10-14-8-15(9-14)27-11-23-16-17(27)24-21(22)25-18(16)31-4/h11-15H,6-10H2,1-5H3,(H,26,30)(H2,22,24,25)/t13-,14?,15?,35?/m0/s1. The molecule has 3 rings (SSSR count). The van der Waals surface area contributed by atoms with Crippen LogP contribution in [0, 0.1) is 11.8 Å². The second kappa shape index (κ2) is 12.3. The Bertz CT molecular complexity index is 1120. The van der Waals surface area contributed by atoms with Crippen molar-refractivity contribution < 1.29 is 32.7 Å². The molecule has 1 unspecified atom stereocenters. The lowest BCUT2D eigenvalue weighted by molar-refractivity contribution is -0.142. The van der Waals surface area contributed by atoms with E-state index in [0.717, 1.165) is 24.6 Å². The van der Waals surface area contributed by atoms with Crippen LogP contribution in [0.25, 0.3) is 11.2 Å². The third-order valence-electron chi connectivity index (χ3n) is 5.65. The summed E-state index contributed by atoms with van der Waals surface area (Å²) in [4.78, 5) is 36.3. The van der Waals surface area contributed by atoms with Crippen LogP contribution >= 0.6 is 19.5 Å². The maximum Gasteiger partial charge on any atom is 0.406 e. The molecule has 1 aliphatic rings. The molecule has 1 saturated carbocycles. The number of nitrogens with zero attached hydrogens (tertiary/aromatic N) is 4. The number of methoxy groups -OCH3 is 2. The fraction of sp³-hybridized carbons (Fsp3) is 0.667. The highest BCUT2D eigenvalue weighted by Crippen LogP contribution is 2.48. The van der Waals surface area contributed by atoms with Gasteiger partial charge in [0.1, 0.15) is 6.04 Å². The molecular formula is C21H33N6O7PS. The van der Waals surface area contributed by atoms with Gasteiger partial charge in [0.05, 0.1) is 33.8 Å². The van der Waals surface area contributed by atoms with E-state index < -0.39 is 19.8 Å². The number of rotatable bonds is 13. The molecule has 0 spiro atoms. The molecule has 1 aliphatic carbocycles. The summed E-state index contributed by atoms with van der Waals surface area (Å²) < 4.78 is 36.4. The molecule has 3 N–H and O–H groups in total. The van der Waals surface area contributed by atoms with Crippen molar-refractivity contribution >= 4 is 47.7 Å². The number of aromatic nitrogens is 4.